The van der Waals surface area contributed by atoms with Gasteiger partial charge in [-0.1, -0.05) is 12.8 Å². The number of carboxylic acid groups (broad SMARTS) is 1. The Morgan fingerprint density at radius 2 is 2.09 bits per heavy atom. The van der Waals surface area contributed by atoms with Crippen LogP contribution in [-0.2, 0) is 0 Å². The van der Waals surface area contributed by atoms with E-state index in [1.807, 2.05) is 6.07 Å². The molecule has 1 saturated carbocycles. The zero-order valence-corrected chi connectivity index (χ0v) is 13.8. The highest BCUT2D eigenvalue weighted by atomic mass is 79.9. The van der Waals surface area contributed by atoms with E-state index in [0.29, 0.717) is 11.6 Å². The maximum atomic E-state index is 11.0. The maximum Gasteiger partial charge on any atom is 0.353 e. The van der Waals surface area contributed by atoms with Gasteiger partial charge in [0.1, 0.15) is 11.4 Å². The Morgan fingerprint density at radius 1 is 1.36 bits per heavy atom. The first-order valence-electron chi connectivity index (χ1n) is 7.26. The maximum absolute atomic E-state index is 11.0. The molecule has 116 valence electrons. The molecule has 6 heteroatoms. The summed E-state index contributed by atoms with van der Waals surface area (Å²) in [7, 11) is 1.68. The fourth-order valence-electron chi connectivity index (χ4n) is 3.10. The molecule has 0 bridgehead atoms. The van der Waals surface area contributed by atoms with Gasteiger partial charge in [0.2, 0.25) is 0 Å². The number of ether oxygens (including phenoxy) is 1. The minimum absolute atomic E-state index is 0.0874. The second kappa shape index (κ2) is 6.12. The lowest BCUT2D eigenvalue weighted by molar-refractivity contribution is 0.0690. The smallest absolute Gasteiger partial charge is 0.353 e. The van der Waals surface area contributed by atoms with Gasteiger partial charge >= 0.3 is 5.97 Å². The van der Waals surface area contributed by atoms with Gasteiger partial charge in [-0.2, -0.15) is 5.10 Å². The van der Waals surface area contributed by atoms with E-state index >= 15 is 0 Å². The van der Waals surface area contributed by atoms with Crippen LogP contribution >= 0.6 is 15.9 Å². The molecule has 2 N–H and O–H groups in total. The number of aromatic nitrogens is 2. The number of hydrogen-bond donors (Lipinski definition) is 2. The first kappa shape index (κ1) is 15.1. The number of benzene rings is 1. The predicted octanol–water partition coefficient (Wildman–Crippen LogP) is 4.20. The molecule has 0 amide bonds. The van der Waals surface area contributed by atoms with Crippen LogP contribution in [0.1, 0.15) is 47.7 Å². The molecule has 22 heavy (non-hydrogen) atoms. The molecule has 3 rings (SSSR count). The number of nitrogens with one attached hydrogen (secondary N) is 1. The van der Waals surface area contributed by atoms with Gasteiger partial charge in [-0.3, -0.25) is 5.10 Å². The molecule has 1 heterocycles. The van der Waals surface area contributed by atoms with Gasteiger partial charge in [-0.05, 0) is 58.5 Å². The highest BCUT2D eigenvalue weighted by Crippen LogP contribution is 2.43. The summed E-state index contributed by atoms with van der Waals surface area (Å²) in [5.41, 5.74) is 2.77. The minimum Gasteiger partial charge on any atom is -0.495 e. The summed E-state index contributed by atoms with van der Waals surface area (Å²) in [6.45, 7) is 0. The van der Waals surface area contributed by atoms with Crippen molar-refractivity contribution in [3.8, 4) is 17.0 Å². The van der Waals surface area contributed by atoms with Crippen molar-refractivity contribution < 1.29 is 14.6 Å². The third-order valence-corrected chi connectivity index (χ3v) is 4.76. The molecule has 1 aliphatic rings. The molecule has 0 atom stereocenters. The van der Waals surface area contributed by atoms with E-state index in [0.717, 1.165) is 28.6 Å². The molecule has 1 aromatic carbocycles. The molecule has 5 nitrogen and oxygen atoms in total. The number of aromatic carboxylic acids is 1. The molecular formula is C16H17BrN2O3. The predicted molar refractivity (Wildman–Crippen MR) is 86.4 cm³/mol. The van der Waals surface area contributed by atoms with E-state index in [1.54, 1.807) is 13.2 Å². The summed E-state index contributed by atoms with van der Waals surface area (Å²) >= 11 is 3.56. The van der Waals surface area contributed by atoms with Crippen molar-refractivity contribution in [2.24, 2.45) is 0 Å². The highest BCUT2D eigenvalue weighted by Gasteiger charge is 2.23. The van der Waals surface area contributed by atoms with Crippen LogP contribution in [0.15, 0.2) is 22.7 Å². The van der Waals surface area contributed by atoms with Gasteiger partial charge in [-0.15, -0.1) is 0 Å². The lowest BCUT2D eigenvalue weighted by Gasteiger charge is -2.17. The third-order valence-electron chi connectivity index (χ3n) is 4.18. The lowest BCUT2D eigenvalue weighted by Crippen LogP contribution is -1.99. The van der Waals surface area contributed by atoms with Gasteiger partial charge in [0, 0.05) is 5.56 Å². The Hall–Kier alpha value is -1.82. The fraction of sp³-hybridized carbons (Fsp3) is 0.375. The molecule has 0 radical (unpaired) electrons. The molecule has 2 aromatic rings. The van der Waals surface area contributed by atoms with Crippen molar-refractivity contribution in [3.63, 3.8) is 0 Å². The average molecular weight is 365 g/mol. The lowest BCUT2D eigenvalue weighted by atomic mass is 9.94. The zero-order chi connectivity index (χ0) is 15.7. The number of halogens is 1. The standard InChI is InChI=1S/C16H17BrN2O3/c1-22-15-11(9-4-2-3-5-9)6-10(7-12(15)17)13-8-14(16(20)21)19-18-13/h6-9H,2-5H2,1H3,(H,18,19)(H,20,21). The summed E-state index contributed by atoms with van der Waals surface area (Å²) in [5.74, 6) is 0.344. The van der Waals surface area contributed by atoms with Crippen molar-refractivity contribution in [2.45, 2.75) is 31.6 Å². The Bertz CT molecular complexity index is 705. The number of aromatic amines is 1. The number of carbonyl (C=O) groups is 1. The SMILES string of the molecule is COc1c(Br)cc(-c2cc(C(=O)O)[nH]n2)cc1C1CCCC1. The van der Waals surface area contributed by atoms with E-state index in [-0.39, 0.29) is 5.69 Å². The summed E-state index contributed by atoms with van der Waals surface area (Å²) in [4.78, 5) is 11.0. The minimum atomic E-state index is -1.01. The third kappa shape index (κ3) is 2.75. The van der Waals surface area contributed by atoms with Crippen LogP contribution in [0.2, 0.25) is 0 Å². The summed E-state index contributed by atoms with van der Waals surface area (Å²) < 4.78 is 6.42. The first-order valence-corrected chi connectivity index (χ1v) is 8.06. The first-order chi connectivity index (χ1) is 10.6. The number of methoxy groups -OCH3 is 1. The average Bonchev–Trinajstić information content (AvgIpc) is 3.18. The van der Waals surface area contributed by atoms with Crippen molar-refractivity contribution in [2.75, 3.05) is 7.11 Å². The molecule has 1 aliphatic carbocycles. The number of carboxylic acids is 1. The number of rotatable bonds is 4. The van der Waals surface area contributed by atoms with Gasteiger partial charge in [0.15, 0.2) is 0 Å². The molecule has 1 fully saturated rings. The quantitative estimate of drug-likeness (QED) is 0.851. The summed E-state index contributed by atoms with van der Waals surface area (Å²) in [6, 6.07) is 5.54. The molecule has 0 aliphatic heterocycles. The fourth-order valence-corrected chi connectivity index (χ4v) is 3.73. The topological polar surface area (TPSA) is 75.2 Å². The molecule has 0 unspecified atom stereocenters. The van der Waals surface area contributed by atoms with Crippen LogP contribution < -0.4 is 4.74 Å². The number of hydrogen-bond acceptors (Lipinski definition) is 3. The van der Waals surface area contributed by atoms with Crippen LogP contribution in [-0.4, -0.2) is 28.4 Å². The normalized spacial score (nSPS) is 15.2. The van der Waals surface area contributed by atoms with Crippen molar-refractivity contribution >= 4 is 21.9 Å². The van der Waals surface area contributed by atoms with Crippen LogP contribution in [0, 0.1) is 0 Å². The van der Waals surface area contributed by atoms with Gasteiger partial charge in [0.25, 0.3) is 0 Å². The van der Waals surface area contributed by atoms with Gasteiger partial charge < -0.3 is 9.84 Å². The number of H-pyrrole nitrogens is 1. The molecule has 0 spiro atoms. The van der Waals surface area contributed by atoms with Crippen LogP contribution in [0.5, 0.6) is 5.75 Å². The largest absolute Gasteiger partial charge is 0.495 e. The van der Waals surface area contributed by atoms with Crippen molar-refractivity contribution in [1.29, 1.82) is 0 Å². The van der Waals surface area contributed by atoms with E-state index < -0.39 is 5.97 Å². The summed E-state index contributed by atoms with van der Waals surface area (Å²) in [6.07, 6.45) is 4.79. The second-order valence-corrected chi connectivity index (χ2v) is 6.39. The van der Waals surface area contributed by atoms with Crippen LogP contribution in [0.4, 0.5) is 0 Å². The van der Waals surface area contributed by atoms with E-state index in [4.69, 9.17) is 9.84 Å². The Labute approximate surface area is 136 Å². The highest BCUT2D eigenvalue weighted by molar-refractivity contribution is 9.10. The Morgan fingerprint density at radius 3 is 2.68 bits per heavy atom. The van der Waals surface area contributed by atoms with E-state index in [9.17, 15) is 4.79 Å². The van der Waals surface area contributed by atoms with Crippen LogP contribution in [0.3, 0.4) is 0 Å². The number of nitrogens with zero attached hydrogens (tertiary/aromatic N) is 1. The van der Waals surface area contributed by atoms with E-state index in [1.165, 1.54) is 18.4 Å². The zero-order valence-electron chi connectivity index (χ0n) is 12.2. The van der Waals surface area contributed by atoms with Crippen molar-refractivity contribution in [1.82, 2.24) is 10.2 Å². The van der Waals surface area contributed by atoms with Crippen molar-refractivity contribution in [3.05, 3.63) is 33.9 Å². The van der Waals surface area contributed by atoms with Gasteiger partial charge in [-0.25, -0.2) is 4.79 Å². The Balaban J connectivity index is 2.06. The second-order valence-electron chi connectivity index (χ2n) is 5.53. The monoisotopic (exact) mass is 364 g/mol. The van der Waals surface area contributed by atoms with Gasteiger partial charge in [0.05, 0.1) is 17.3 Å². The molecular weight excluding hydrogens is 348 g/mol. The summed E-state index contributed by atoms with van der Waals surface area (Å²) in [5, 5.41) is 15.7. The Kier molecular flexibility index (Phi) is 4.20. The van der Waals surface area contributed by atoms with Crippen LogP contribution in [0.25, 0.3) is 11.3 Å². The van der Waals surface area contributed by atoms with E-state index in [2.05, 4.69) is 32.2 Å². The molecule has 0 saturated heterocycles. The molecule has 1 aromatic heterocycles.